The molecule has 3 aromatic carbocycles. The largest absolute Gasteiger partial charge is 0.508 e. The minimum atomic E-state index is -0.495. The number of halogens is 1. The average Bonchev–Trinajstić information content (AvgIpc) is 2.78. The van der Waals surface area contributed by atoms with Crippen LogP contribution in [-0.4, -0.2) is 11.2 Å². The van der Waals surface area contributed by atoms with Gasteiger partial charge in [0, 0.05) is 10.7 Å². The van der Waals surface area contributed by atoms with Gasteiger partial charge in [0.25, 0.3) is 0 Å². The van der Waals surface area contributed by atoms with Crippen LogP contribution in [0.5, 0.6) is 5.75 Å². The van der Waals surface area contributed by atoms with Gasteiger partial charge in [-0.2, -0.15) is 0 Å². The molecule has 4 nitrogen and oxygen atoms in total. The van der Waals surface area contributed by atoms with Crippen LogP contribution in [0.1, 0.15) is 55.2 Å². The first-order valence-electron chi connectivity index (χ1n) is 10.6. The highest BCUT2D eigenvalue weighted by molar-refractivity contribution is 6.30. The molecule has 1 amide bonds. The van der Waals surface area contributed by atoms with Crippen molar-refractivity contribution in [3.8, 4) is 5.75 Å². The smallest absolute Gasteiger partial charge is 0.411 e. The van der Waals surface area contributed by atoms with E-state index in [1.807, 2.05) is 36.4 Å². The van der Waals surface area contributed by atoms with Crippen molar-refractivity contribution in [2.24, 2.45) is 0 Å². The molecule has 5 heteroatoms. The SMILES string of the molecule is CCC(c1ccc(O)cc1)C(CC)c1ccc(NC(=O)OCc2ccc(Cl)cc2)cc1. The lowest BCUT2D eigenvalue weighted by atomic mass is 9.78. The van der Waals surface area contributed by atoms with E-state index >= 15 is 0 Å². The molecule has 0 aromatic heterocycles. The quantitative estimate of drug-likeness (QED) is 0.384. The second-order valence-electron chi connectivity index (χ2n) is 7.57. The molecule has 0 aliphatic heterocycles. The summed E-state index contributed by atoms with van der Waals surface area (Å²) in [6, 6.07) is 22.6. The molecule has 31 heavy (non-hydrogen) atoms. The number of phenolic OH excluding ortho intramolecular Hbond substituents is 1. The predicted molar refractivity (Wildman–Crippen MR) is 126 cm³/mol. The Hall–Kier alpha value is -2.98. The second-order valence-corrected chi connectivity index (χ2v) is 8.01. The molecule has 162 valence electrons. The van der Waals surface area contributed by atoms with Gasteiger partial charge in [-0.05, 0) is 77.8 Å². The standard InChI is InChI=1S/C26H28ClNO3/c1-3-24(25(4-2)20-9-15-23(29)16-10-20)19-7-13-22(14-8-19)28-26(30)31-17-18-5-11-21(27)12-6-18/h5-16,24-25,29H,3-4,17H2,1-2H3,(H,28,30). The van der Waals surface area contributed by atoms with Crippen LogP contribution in [0.3, 0.4) is 0 Å². The third kappa shape index (κ3) is 6.25. The van der Waals surface area contributed by atoms with E-state index in [1.165, 1.54) is 11.1 Å². The van der Waals surface area contributed by atoms with Gasteiger partial charge in [-0.1, -0.05) is 61.8 Å². The summed E-state index contributed by atoms with van der Waals surface area (Å²) in [5, 5.41) is 13.0. The van der Waals surface area contributed by atoms with Crippen LogP contribution < -0.4 is 5.32 Å². The summed E-state index contributed by atoms with van der Waals surface area (Å²) in [5.41, 5.74) is 4.01. The lowest BCUT2D eigenvalue weighted by Gasteiger charge is -2.26. The van der Waals surface area contributed by atoms with Crippen molar-refractivity contribution in [3.63, 3.8) is 0 Å². The van der Waals surface area contributed by atoms with Crippen molar-refractivity contribution in [1.29, 1.82) is 0 Å². The van der Waals surface area contributed by atoms with Crippen LogP contribution in [0.25, 0.3) is 0 Å². The highest BCUT2D eigenvalue weighted by atomic mass is 35.5. The average molecular weight is 438 g/mol. The van der Waals surface area contributed by atoms with Crippen LogP contribution in [0.4, 0.5) is 10.5 Å². The van der Waals surface area contributed by atoms with Gasteiger partial charge >= 0.3 is 6.09 Å². The van der Waals surface area contributed by atoms with Crippen molar-refractivity contribution in [1.82, 2.24) is 0 Å². The monoisotopic (exact) mass is 437 g/mol. The maximum absolute atomic E-state index is 12.1. The van der Waals surface area contributed by atoms with Crippen molar-refractivity contribution in [3.05, 3.63) is 94.5 Å². The first-order chi connectivity index (χ1) is 15.0. The highest BCUT2D eigenvalue weighted by Crippen LogP contribution is 2.38. The molecular formula is C26H28ClNO3. The van der Waals surface area contributed by atoms with Gasteiger partial charge in [0.15, 0.2) is 0 Å². The van der Waals surface area contributed by atoms with E-state index in [-0.39, 0.29) is 12.4 Å². The van der Waals surface area contributed by atoms with Crippen LogP contribution in [0.2, 0.25) is 5.02 Å². The number of phenols is 1. The topological polar surface area (TPSA) is 58.6 Å². The van der Waals surface area contributed by atoms with Crippen molar-refractivity contribution >= 4 is 23.4 Å². The lowest BCUT2D eigenvalue weighted by Crippen LogP contribution is -2.14. The Balaban J connectivity index is 1.62. The number of carbonyl (C=O) groups is 1. The number of ether oxygens (including phenoxy) is 1. The van der Waals surface area contributed by atoms with Gasteiger partial charge in [0.05, 0.1) is 0 Å². The number of carbonyl (C=O) groups excluding carboxylic acids is 1. The lowest BCUT2D eigenvalue weighted by molar-refractivity contribution is 0.155. The molecule has 3 aromatic rings. The zero-order valence-electron chi connectivity index (χ0n) is 17.8. The summed E-state index contributed by atoms with van der Waals surface area (Å²) in [5.74, 6) is 0.985. The van der Waals surface area contributed by atoms with E-state index in [9.17, 15) is 9.90 Å². The minimum absolute atomic E-state index is 0.184. The fourth-order valence-corrected chi connectivity index (χ4v) is 4.05. The van der Waals surface area contributed by atoms with Crippen molar-refractivity contribution in [2.75, 3.05) is 5.32 Å². The number of amides is 1. The van der Waals surface area contributed by atoms with E-state index in [2.05, 4.69) is 31.3 Å². The zero-order valence-corrected chi connectivity index (χ0v) is 18.6. The minimum Gasteiger partial charge on any atom is -0.508 e. The molecule has 0 aliphatic carbocycles. The molecule has 0 fully saturated rings. The molecule has 0 spiro atoms. The van der Waals surface area contributed by atoms with Crippen LogP contribution in [0.15, 0.2) is 72.8 Å². The molecule has 3 rings (SSSR count). The number of hydrogen-bond acceptors (Lipinski definition) is 3. The maximum Gasteiger partial charge on any atom is 0.411 e. The molecule has 0 aliphatic rings. The van der Waals surface area contributed by atoms with E-state index in [1.54, 1.807) is 24.3 Å². The first-order valence-corrected chi connectivity index (χ1v) is 10.9. The Morgan fingerprint density at radius 2 is 1.39 bits per heavy atom. The summed E-state index contributed by atoms with van der Waals surface area (Å²) >= 11 is 5.87. The van der Waals surface area contributed by atoms with Gasteiger partial charge in [-0.3, -0.25) is 5.32 Å². The molecule has 2 atom stereocenters. The normalized spacial score (nSPS) is 12.7. The Bertz CT molecular complexity index is 969. The van der Waals surface area contributed by atoms with Gasteiger partial charge in [0.2, 0.25) is 0 Å². The van der Waals surface area contributed by atoms with E-state index in [0.717, 1.165) is 18.4 Å². The summed E-state index contributed by atoms with van der Waals surface area (Å²) in [6.45, 7) is 4.56. The Morgan fingerprint density at radius 3 is 1.90 bits per heavy atom. The molecule has 0 heterocycles. The molecule has 0 bridgehead atoms. The van der Waals surface area contributed by atoms with Crippen molar-refractivity contribution < 1.29 is 14.6 Å². The van der Waals surface area contributed by atoms with E-state index in [4.69, 9.17) is 16.3 Å². The Morgan fingerprint density at radius 1 is 0.871 bits per heavy atom. The number of nitrogens with one attached hydrogen (secondary N) is 1. The summed E-state index contributed by atoms with van der Waals surface area (Å²) in [6.07, 6.45) is 1.50. The van der Waals surface area contributed by atoms with E-state index < -0.39 is 6.09 Å². The van der Waals surface area contributed by atoms with Gasteiger partial charge in [-0.25, -0.2) is 4.79 Å². The number of hydrogen-bond donors (Lipinski definition) is 2. The molecule has 0 radical (unpaired) electrons. The Labute approximate surface area is 188 Å². The van der Waals surface area contributed by atoms with Crippen molar-refractivity contribution in [2.45, 2.75) is 45.1 Å². The fourth-order valence-electron chi connectivity index (χ4n) is 3.92. The molecular weight excluding hydrogens is 410 g/mol. The van der Waals surface area contributed by atoms with Crippen LogP contribution >= 0.6 is 11.6 Å². The van der Waals surface area contributed by atoms with Crippen LogP contribution in [-0.2, 0) is 11.3 Å². The third-order valence-corrected chi connectivity index (χ3v) is 5.81. The molecule has 2 unspecified atom stereocenters. The molecule has 0 saturated heterocycles. The molecule has 2 N–H and O–H groups in total. The van der Waals surface area contributed by atoms with Gasteiger partial charge in [0.1, 0.15) is 12.4 Å². The van der Waals surface area contributed by atoms with E-state index in [0.29, 0.717) is 22.5 Å². The first kappa shape index (κ1) is 22.7. The number of rotatable bonds is 8. The fraction of sp³-hybridized carbons (Fsp3) is 0.269. The number of aromatic hydroxyl groups is 1. The van der Waals surface area contributed by atoms with Gasteiger partial charge in [-0.15, -0.1) is 0 Å². The van der Waals surface area contributed by atoms with Crippen LogP contribution in [0, 0.1) is 0 Å². The zero-order chi connectivity index (χ0) is 22.2. The number of benzene rings is 3. The highest BCUT2D eigenvalue weighted by Gasteiger charge is 2.22. The maximum atomic E-state index is 12.1. The van der Waals surface area contributed by atoms with Gasteiger partial charge < -0.3 is 9.84 Å². The third-order valence-electron chi connectivity index (χ3n) is 5.56. The Kier molecular flexibility index (Phi) is 7.96. The predicted octanol–water partition coefficient (Wildman–Crippen LogP) is 7.48. The summed E-state index contributed by atoms with van der Waals surface area (Å²) in [7, 11) is 0. The number of anilines is 1. The summed E-state index contributed by atoms with van der Waals surface area (Å²) in [4.78, 5) is 12.1. The second kappa shape index (κ2) is 10.9. The summed E-state index contributed by atoms with van der Waals surface area (Å²) < 4.78 is 5.28. The molecule has 0 saturated carbocycles.